The van der Waals surface area contributed by atoms with E-state index in [-0.39, 0.29) is 29.9 Å². The van der Waals surface area contributed by atoms with Gasteiger partial charge in [-0.2, -0.15) is 0 Å². The van der Waals surface area contributed by atoms with Crippen LogP contribution in [-0.2, 0) is 24.0 Å². The summed E-state index contributed by atoms with van der Waals surface area (Å²) in [5.74, 6) is -3.58. The van der Waals surface area contributed by atoms with Gasteiger partial charge >= 0.3 is 0 Å². The Kier molecular flexibility index (Phi) is 13.5. The molecule has 0 aromatic carbocycles. The van der Waals surface area contributed by atoms with Gasteiger partial charge < -0.3 is 26.2 Å². The Bertz CT molecular complexity index is 1640. The van der Waals surface area contributed by atoms with Crippen molar-refractivity contribution in [3.05, 3.63) is 54.4 Å². The van der Waals surface area contributed by atoms with Gasteiger partial charge in [0.25, 0.3) is 11.8 Å². The van der Waals surface area contributed by atoms with Crippen LogP contribution >= 0.6 is 0 Å². The smallest absolute Gasteiger partial charge is 0.290 e. The van der Waals surface area contributed by atoms with E-state index in [9.17, 15) is 28.8 Å². The Morgan fingerprint density at radius 1 is 0.870 bits per heavy atom. The molecular weight excluding hydrogens is 688 g/mol. The van der Waals surface area contributed by atoms with Gasteiger partial charge in [-0.1, -0.05) is 65.9 Å². The van der Waals surface area contributed by atoms with Crippen LogP contribution < -0.4 is 21.3 Å². The number of carbonyl (C=O) groups is 6. The predicted octanol–water partition coefficient (Wildman–Crippen LogP) is 3.44. The number of rotatable bonds is 14. The zero-order valence-corrected chi connectivity index (χ0v) is 32.2. The van der Waals surface area contributed by atoms with E-state index in [0.29, 0.717) is 13.0 Å². The van der Waals surface area contributed by atoms with E-state index < -0.39 is 70.9 Å². The summed E-state index contributed by atoms with van der Waals surface area (Å²) in [6, 6.07) is -0.798. The van der Waals surface area contributed by atoms with Crippen LogP contribution in [0.2, 0.25) is 0 Å². The van der Waals surface area contributed by atoms with Crippen molar-refractivity contribution >= 4 is 35.3 Å². The van der Waals surface area contributed by atoms with Crippen molar-refractivity contribution in [1.29, 1.82) is 0 Å². The highest BCUT2D eigenvalue weighted by Crippen LogP contribution is 2.43. The molecule has 2 aromatic rings. The molecule has 0 radical (unpaired) electrons. The second-order valence-corrected chi connectivity index (χ2v) is 16.2. The minimum atomic E-state index is -1.08. The molecule has 1 saturated heterocycles. The molecule has 2 aromatic heterocycles. The maximum atomic E-state index is 14.7. The molecule has 292 valence electrons. The number of nitrogens with one attached hydrogen (secondary N) is 4. The number of Topliss-reactive ketones (excluding diaryl/α,β-unsaturated/α-hetero) is 1. The topological polar surface area (TPSA) is 192 Å². The van der Waals surface area contributed by atoms with Crippen molar-refractivity contribution in [1.82, 2.24) is 41.1 Å². The molecule has 2 aliphatic carbocycles. The van der Waals surface area contributed by atoms with Gasteiger partial charge in [-0.05, 0) is 73.8 Å². The van der Waals surface area contributed by atoms with Gasteiger partial charge in [0.1, 0.15) is 23.8 Å². The molecule has 0 spiro atoms. The number of fused-ring (bicyclic) bond motifs is 1. The van der Waals surface area contributed by atoms with E-state index in [4.69, 9.17) is 0 Å². The summed E-state index contributed by atoms with van der Waals surface area (Å²) < 4.78 is 0. The predicted molar refractivity (Wildman–Crippen MR) is 200 cm³/mol. The van der Waals surface area contributed by atoms with Crippen LogP contribution in [0.3, 0.4) is 0 Å². The first-order chi connectivity index (χ1) is 25.8. The van der Waals surface area contributed by atoms with Crippen LogP contribution in [0.1, 0.15) is 121 Å². The average molecular weight is 745 g/mol. The summed E-state index contributed by atoms with van der Waals surface area (Å²) in [7, 11) is 0. The molecule has 3 aliphatic rings. The lowest BCUT2D eigenvalue weighted by Crippen LogP contribution is -2.62. The number of amides is 5. The third-order valence-electron chi connectivity index (χ3n) is 11.3. The molecule has 3 heterocycles. The van der Waals surface area contributed by atoms with E-state index in [0.717, 1.165) is 56.9 Å². The Labute approximate surface area is 317 Å². The first-order valence-electron chi connectivity index (χ1n) is 19.5. The Hall–Kier alpha value is -4.75. The van der Waals surface area contributed by atoms with Gasteiger partial charge in [-0.25, -0.2) is 4.98 Å². The van der Waals surface area contributed by atoms with Crippen molar-refractivity contribution in [2.24, 2.45) is 23.2 Å². The summed E-state index contributed by atoms with van der Waals surface area (Å²) >= 11 is 0. The molecule has 5 rings (SSSR count). The van der Waals surface area contributed by atoms with E-state index in [1.165, 1.54) is 18.6 Å². The first kappa shape index (κ1) is 40.4. The number of likely N-dealkylation sites (tertiary alicyclic amines) is 1. The van der Waals surface area contributed by atoms with Crippen molar-refractivity contribution in [3.63, 3.8) is 0 Å². The van der Waals surface area contributed by atoms with Gasteiger partial charge in [-0.3, -0.25) is 38.7 Å². The fraction of sp³-hybridized carbons (Fsp3) is 0.625. The molecule has 2 saturated carbocycles. The second kappa shape index (κ2) is 18.1. The van der Waals surface area contributed by atoms with Gasteiger partial charge in [0.15, 0.2) is 0 Å². The number of carbonyl (C=O) groups excluding carboxylic acids is 6. The first-order valence-corrected chi connectivity index (χ1v) is 19.5. The monoisotopic (exact) mass is 744 g/mol. The largest absolute Gasteiger partial charge is 0.344 e. The summed E-state index contributed by atoms with van der Waals surface area (Å²) in [6.45, 7) is 9.54. The summed E-state index contributed by atoms with van der Waals surface area (Å²) in [5.41, 5.74) is 0.0641. The normalized spacial score (nSPS) is 22.2. The summed E-state index contributed by atoms with van der Waals surface area (Å²) in [4.78, 5) is 96.9. The molecular formula is C40H56N8O6. The molecule has 2 unspecified atom stereocenters. The highest BCUT2D eigenvalue weighted by atomic mass is 16.2. The maximum absolute atomic E-state index is 14.7. The summed E-state index contributed by atoms with van der Waals surface area (Å²) in [6.07, 6.45) is 15.2. The minimum Gasteiger partial charge on any atom is -0.344 e. The fourth-order valence-corrected chi connectivity index (χ4v) is 8.37. The lowest BCUT2D eigenvalue weighted by Gasteiger charge is -2.38. The molecule has 14 heteroatoms. The molecule has 54 heavy (non-hydrogen) atoms. The standard InChI is InChI=1S/C40H56N8O6/c1-6-12-29(33(49)38(53)44-24(2)26-16-11-18-41-21-26)45-37(52)32-28-17-10-15-27(28)23-48(32)39(54)34(40(3,4)5)47-36(51)31(25-13-8-7-9-14-25)46-35(50)30-22-42-19-20-43-30/h11,16,18-22,24-25,27-29,31-32,34H,6-10,12-15,17,23H2,1-5H3,(H,44,53)(H,45,52)(H,46,50)(H,47,51)/t24-,27?,28?,29+,31+,32+,34-/m1/s1. The van der Waals surface area contributed by atoms with Crippen molar-refractivity contribution in [2.45, 2.75) is 129 Å². The van der Waals surface area contributed by atoms with E-state index >= 15 is 0 Å². The number of pyridine rings is 1. The van der Waals surface area contributed by atoms with E-state index in [1.807, 2.05) is 27.7 Å². The molecule has 14 nitrogen and oxygen atoms in total. The van der Waals surface area contributed by atoms with E-state index in [2.05, 4.69) is 36.2 Å². The molecule has 7 atom stereocenters. The number of hydrogen-bond donors (Lipinski definition) is 4. The van der Waals surface area contributed by atoms with Gasteiger partial charge in [-0.15, -0.1) is 0 Å². The third-order valence-corrected chi connectivity index (χ3v) is 11.3. The molecule has 5 amide bonds. The average Bonchev–Trinajstić information content (AvgIpc) is 3.77. The highest BCUT2D eigenvalue weighted by Gasteiger charge is 2.52. The van der Waals surface area contributed by atoms with Crippen molar-refractivity contribution in [2.75, 3.05) is 6.54 Å². The zero-order chi connectivity index (χ0) is 39.0. The van der Waals surface area contributed by atoms with Crippen molar-refractivity contribution < 1.29 is 28.8 Å². The van der Waals surface area contributed by atoms with Crippen LogP contribution in [-0.4, -0.2) is 85.9 Å². The quantitative estimate of drug-likeness (QED) is 0.210. The van der Waals surface area contributed by atoms with E-state index in [1.54, 1.807) is 36.4 Å². The molecule has 3 fully saturated rings. The van der Waals surface area contributed by atoms with Crippen LogP contribution in [0.5, 0.6) is 0 Å². The number of nitrogens with zero attached hydrogens (tertiary/aromatic N) is 4. The fourth-order valence-electron chi connectivity index (χ4n) is 8.37. The molecule has 4 N–H and O–H groups in total. The van der Waals surface area contributed by atoms with Gasteiger partial charge in [0, 0.05) is 31.3 Å². The zero-order valence-electron chi connectivity index (χ0n) is 32.2. The highest BCUT2D eigenvalue weighted by molar-refractivity contribution is 6.38. The van der Waals surface area contributed by atoms with Crippen molar-refractivity contribution in [3.8, 4) is 0 Å². The molecule has 0 bridgehead atoms. The van der Waals surface area contributed by atoms with Crippen LogP contribution in [0.25, 0.3) is 0 Å². The third kappa shape index (κ3) is 9.67. The Morgan fingerprint density at radius 3 is 2.26 bits per heavy atom. The van der Waals surface area contributed by atoms with Gasteiger partial charge in [0.2, 0.25) is 23.5 Å². The number of ketones is 1. The van der Waals surface area contributed by atoms with Gasteiger partial charge in [0.05, 0.1) is 18.3 Å². The Morgan fingerprint density at radius 2 is 1.61 bits per heavy atom. The van der Waals surface area contributed by atoms with Crippen LogP contribution in [0.4, 0.5) is 0 Å². The van der Waals surface area contributed by atoms with Crippen LogP contribution in [0.15, 0.2) is 43.1 Å². The minimum absolute atomic E-state index is 0.0891. The Balaban J connectivity index is 1.34. The number of aromatic nitrogens is 3. The number of hydrogen-bond acceptors (Lipinski definition) is 9. The SMILES string of the molecule is CCC[C@H](NC(=O)[C@@H]1C2CCCC2CN1C(=O)[C@@H](NC(=O)[C@@H](NC(=O)c1cnccn1)C1CCCCC1)C(C)(C)C)C(=O)C(=O)N[C@H](C)c1cccnc1. The molecule has 1 aliphatic heterocycles. The maximum Gasteiger partial charge on any atom is 0.290 e. The lowest BCUT2D eigenvalue weighted by atomic mass is 9.82. The second-order valence-electron chi connectivity index (χ2n) is 16.2. The summed E-state index contributed by atoms with van der Waals surface area (Å²) in [5, 5.41) is 11.5. The lowest BCUT2D eigenvalue weighted by molar-refractivity contribution is -0.146. The van der Waals surface area contributed by atoms with Crippen LogP contribution in [0, 0.1) is 23.2 Å².